The van der Waals surface area contributed by atoms with E-state index in [0.717, 1.165) is 12.3 Å². The number of aryl methyl sites for hydroxylation is 1. The lowest BCUT2D eigenvalue weighted by atomic mass is 10.4. The van der Waals surface area contributed by atoms with Crippen molar-refractivity contribution in [1.29, 1.82) is 0 Å². The molecule has 2 aromatic heterocycles. The van der Waals surface area contributed by atoms with Gasteiger partial charge < -0.3 is 9.67 Å². The Hall–Kier alpha value is -2.71. The lowest BCUT2D eigenvalue weighted by Gasteiger charge is -2.04. The van der Waals surface area contributed by atoms with Crippen LogP contribution in [0.4, 0.5) is 5.69 Å². The molecule has 0 aliphatic rings. The fourth-order valence-electron chi connectivity index (χ4n) is 1.52. The average molecular weight is 251 g/mol. The minimum absolute atomic E-state index is 0.103. The second-order valence-corrected chi connectivity index (χ2v) is 3.57. The zero-order valence-electron chi connectivity index (χ0n) is 9.35. The van der Waals surface area contributed by atoms with Gasteiger partial charge in [0.05, 0.1) is 17.7 Å². The van der Waals surface area contributed by atoms with Crippen molar-refractivity contribution in [3.63, 3.8) is 0 Å². The number of nitrogens with zero attached hydrogens (tertiary/aromatic N) is 5. The normalized spacial score (nSPS) is 10.5. The first-order valence-corrected chi connectivity index (χ1v) is 4.89. The van der Waals surface area contributed by atoms with Gasteiger partial charge in [0.1, 0.15) is 17.8 Å². The Morgan fingerprint density at radius 2 is 2.33 bits per heavy atom. The molecular weight excluding hydrogens is 242 g/mol. The molecule has 0 aliphatic heterocycles. The van der Waals surface area contributed by atoms with Gasteiger partial charge in [-0.2, -0.15) is 5.10 Å². The number of aromatic nitrogens is 4. The zero-order valence-corrected chi connectivity index (χ0v) is 9.35. The molecule has 2 aromatic rings. The van der Waals surface area contributed by atoms with Gasteiger partial charge in [-0.3, -0.25) is 14.8 Å². The predicted octanol–water partition coefficient (Wildman–Crippen LogP) is 0.271. The Balaban J connectivity index is 2.40. The van der Waals surface area contributed by atoms with Crippen LogP contribution in [0, 0.1) is 10.1 Å². The van der Waals surface area contributed by atoms with E-state index < -0.39 is 10.9 Å². The van der Waals surface area contributed by atoms with Gasteiger partial charge in [-0.05, 0) is 0 Å². The van der Waals surface area contributed by atoms with Gasteiger partial charge in [-0.1, -0.05) is 0 Å². The van der Waals surface area contributed by atoms with Crippen molar-refractivity contribution in [2.75, 3.05) is 0 Å². The quantitative estimate of drug-likeness (QED) is 0.615. The van der Waals surface area contributed by atoms with Crippen molar-refractivity contribution in [3.8, 4) is 0 Å². The highest BCUT2D eigenvalue weighted by Crippen LogP contribution is 2.17. The van der Waals surface area contributed by atoms with Gasteiger partial charge in [0.2, 0.25) is 0 Å². The van der Waals surface area contributed by atoms with Gasteiger partial charge in [-0.15, -0.1) is 0 Å². The van der Waals surface area contributed by atoms with Crippen molar-refractivity contribution in [2.24, 2.45) is 7.05 Å². The number of carboxylic acid groups (broad SMARTS) is 1. The third kappa shape index (κ3) is 2.05. The second-order valence-electron chi connectivity index (χ2n) is 3.57. The first-order chi connectivity index (χ1) is 8.49. The molecule has 2 rings (SSSR count). The summed E-state index contributed by atoms with van der Waals surface area (Å²) in [5.74, 6) is -0.728. The van der Waals surface area contributed by atoms with E-state index in [1.54, 1.807) is 7.05 Å². The van der Waals surface area contributed by atoms with Crippen molar-refractivity contribution in [2.45, 2.75) is 6.54 Å². The SMILES string of the molecule is Cn1ncnc1Cn1cc([N+](=O)[O-])cc1C(=O)O. The molecule has 2 heterocycles. The van der Waals surface area contributed by atoms with E-state index in [9.17, 15) is 14.9 Å². The Morgan fingerprint density at radius 1 is 1.61 bits per heavy atom. The van der Waals surface area contributed by atoms with Crippen LogP contribution in [0.1, 0.15) is 16.3 Å². The molecular formula is C9H9N5O4. The topological polar surface area (TPSA) is 116 Å². The third-order valence-electron chi connectivity index (χ3n) is 2.43. The molecule has 9 heteroatoms. The van der Waals surface area contributed by atoms with Crippen LogP contribution in [0.2, 0.25) is 0 Å². The van der Waals surface area contributed by atoms with E-state index >= 15 is 0 Å². The van der Waals surface area contributed by atoms with Crippen molar-refractivity contribution < 1.29 is 14.8 Å². The summed E-state index contributed by atoms with van der Waals surface area (Å²) in [6, 6.07) is 1.01. The summed E-state index contributed by atoms with van der Waals surface area (Å²) in [7, 11) is 1.65. The van der Waals surface area contributed by atoms with Crippen LogP contribution in [0.5, 0.6) is 0 Å². The lowest BCUT2D eigenvalue weighted by molar-refractivity contribution is -0.384. The molecule has 0 aliphatic carbocycles. The van der Waals surface area contributed by atoms with Crippen LogP contribution in [0.3, 0.4) is 0 Å². The molecule has 1 N–H and O–H groups in total. The summed E-state index contributed by atoms with van der Waals surface area (Å²) < 4.78 is 2.72. The summed E-state index contributed by atoms with van der Waals surface area (Å²) in [5, 5.41) is 23.4. The number of hydrogen-bond donors (Lipinski definition) is 1. The largest absolute Gasteiger partial charge is 0.477 e. The first kappa shape index (κ1) is 11.8. The fraction of sp³-hybridized carbons (Fsp3) is 0.222. The maximum Gasteiger partial charge on any atom is 0.352 e. The molecule has 0 saturated carbocycles. The number of hydrogen-bond acceptors (Lipinski definition) is 5. The predicted molar refractivity (Wildman–Crippen MR) is 58.2 cm³/mol. The van der Waals surface area contributed by atoms with Gasteiger partial charge in [-0.25, -0.2) is 9.78 Å². The molecule has 0 fully saturated rings. The Labute approximate surface area is 100 Å². The lowest BCUT2D eigenvalue weighted by Crippen LogP contribution is -2.11. The molecule has 94 valence electrons. The highest BCUT2D eigenvalue weighted by molar-refractivity contribution is 5.86. The molecule has 0 saturated heterocycles. The highest BCUT2D eigenvalue weighted by Gasteiger charge is 2.19. The Kier molecular flexibility index (Phi) is 2.80. The van der Waals surface area contributed by atoms with Crippen LogP contribution in [-0.2, 0) is 13.6 Å². The van der Waals surface area contributed by atoms with Crippen molar-refractivity contribution >= 4 is 11.7 Å². The average Bonchev–Trinajstić information content (AvgIpc) is 2.87. The van der Waals surface area contributed by atoms with Crippen molar-refractivity contribution in [3.05, 3.63) is 40.2 Å². The van der Waals surface area contributed by atoms with E-state index in [-0.39, 0.29) is 17.9 Å². The highest BCUT2D eigenvalue weighted by atomic mass is 16.6. The Bertz CT molecular complexity index is 614. The maximum absolute atomic E-state index is 11.0. The van der Waals surface area contributed by atoms with Gasteiger partial charge in [0.25, 0.3) is 5.69 Å². The van der Waals surface area contributed by atoms with Crippen LogP contribution < -0.4 is 0 Å². The summed E-state index contributed by atoms with van der Waals surface area (Å²) in [6.45, 7) is 0.103. The molecule has 0 amide bonds. The first-order valence-electron chi connectivity index (χ1n) is 4.89. The number of rotatable bonds is 4. The molecule has 0 spiro atoms. The minimum atomic E-state index is -1.23. The summed E-state index contributed by atoms with van der Waals surface area (Å²) >= 11 is 0. The summed E-state index contributed by atoms with van der Waals surface area (Å²) in [4.78, 5) is 24.9. The van der Waals surface area contributed by atoms with Crippen LogP contribution in [0.15, 0.2) is 18.6 Å². The van der Waals surface area contributed by atoms with Gasteiger partial charge >= 0.3 is 5.97 Å². The van der Waals surface area contributed by atoms with Crippen LogP contribution in [-0.4, -0.2) is 35.3 Å². The molecule has 0 unspecified atom stereocenters. The van der Waals surface area contributed by atoms with Gasteiger partial charge in [0, 0.05) is 13.1 Å². The van der Waals surface area contributed by atoms with Gasteiger partial charge in [0.15, 0.2) is 0 Å². The number of nitro groups is 1. The minimum Gasteiger partial charge on any atom is -0.477 e. The summed E-state index contributed by atoms with van der Waals surface area (Å²) in [6.07, 6.45) is 2.49. The van der Waals surface area contributed by atoms with Crippen molar-refractivity contribution in [1.82, 2.24) is 19.3 Å². The van der Waals surface area contributed by atoms with Crippen LogP contribution >= 0.6 is 0 Å². The molecule has 0 radical (unpaired) electrons. The molecule has 0 bridgehead atoms. The van der Waals surface area contributed by atoms with Crippen LogP contribution in [0.25, 0.3) is 0 Å². The maximum atomic E-state index is 11.0. The third-order valence-corrected chi connectivity index (χ3v) is 2.43. The monoisotopic (exact) mass is 251 g/mol. The van der Waals surface area contributed by atoms with E-state index in [1.165, 1.54) is 15.6 Å². The molecule has 0 aromatic carbocycles. The Morgan fingerprint density at radius 3 is 2.83 bits per heavy atom. The van der Waals surface area contributed by atoms with E-state index in [4.69, 9.17) is 5.11 Å². The zero-order chi connectivity index (χ0) is 13.3. The van der Waals surface area contributed by atoms with E-state index in [2.05, 4.69) is 10.1 Å². The number of carbonyl (C=O) groups is 1. The fourth-order valence-corrected chi connectivity index (χ4v) is 1.52. The second kappa shape index (κ2) is 4.28. The van der Waals surface area contributed by atoms with E-state index in [1.807, 2.05) is 0 Å². The smallest absolute Gasteiger partial charge is 0.352 e. The molecule has 18 heavy (non-hydrogen) atoms. The number of aromatic carboxylic acids is 1. The van der Waals surface area contributed by atoms with E-state index in [0.29, 0.717) is 5.82 Å². The molecule has 9 nitrogen and oxygen atoms in total. The number of carboxylic acids is 1. The molecule has 0 atom stereocenters. The standard InChI is InChI=1S/C9H9N5O4/c1-12-8(10-5-11-12)4-13-3-6(14(17)18)2-7(13)9(15)16/h2-3,5H,4H2,1H3,(H,15,16). The summed E-state index contributed by atoms with van der Waals surface area (Å²) in [5.41, 5.74) is -0.431.